The number of carbonyl (C=O) groups excluding carboxylic acids is 2. The zero-order valence-electron chi connectivity index (χ0n) is 12.2. The maximum atomic E-state index is 12.2. The van der Waals surface area contributed by atoms with Gasteiger partial charge in [-0.15, -0.1) is 0 Å². The molecule has 6 nitrogen and oxygen atoms in total. The Labute approximate surface area is 124 Å². The van der Waals surface area contributed by atoms with E-state index in [0.717, 1.165) is 5.56 Å². The Bertz CT molecular complexity index is 495. The summed E-state index contributed by atoms with van der Waals surface area (Å²) in [5.41, 5.74) is 7.00. The summed E-state index contributed by atoms with van der Waals surface area (Å²) in [6.45, 7) is 4.38. The molecule has 1 aromatic rings. The molecule has 1 aliphatic rings. The molecule has 1 atom stereocenters. The van der Waals surface area contributed by atoms with Crippen LogP contribution < -0.4 is 11.1 Å². The number of amides is 2. The second kappa shape index (κ2) is 7.19. The minimum atomic E-state index is -0.551. The number of nitrogens with two attached hydrogens (primary N) is 1. The van der Waals surface area contributed by atoms with Crippen molar-refractivity contribution in [3.05, 3.63) is 35.4 Å². The van der Waals surface area contributed by atoms with Crippen LogP contribution in [0.4, 0.5) is 0 Å². The standard InChI is InChI=1S/C15H21N3O3/c1-11(15(20)18-6-8-21-9-7-18)17-14(19)13-4-2-12(10-16)3-5-13/h2-5,11H,6-10,16H2,1H3,(H,17,19). The molecule has 2 amide bonds. The molecule has 1 saturated heterocycles. The van der Waals surface area contributed by atoms with E-state index < -0.39 is 6.04 Å². The highest BCUT2D eigenvalue weighted by atomic mass is 16.5. The SMILES string of the molecule is CC(NC(=O)c1ccc(CN)cc1)C(=O)N1CCOCC1. The predicted molar refractivity (Wildman–Crippen MR) is 78.7 cm³/mol. The first-order valence-electron chi connectivity index (χ1n) is 7.08. The van der Waals surface area contributed by atoms with Crippen LogP contribution in [0, 0.1) is 0 Å². The van der Waals surface area contributed by atoms with Crippen LogP contribution in [0.15, 0.2) is 24.3 Å². The topological polar surface area (TPSA) is 84.7 Å². The Kier molecular flexibility index (Phi) is 5.30. The number of benzene rings is 1. The van der Waals surface area contributed by atoms with Crippen LogP contribution in [-0.2, 0) is 16.1 Å². The molecule has 0 saturated carbocycles. The number of rotatable bonds is 4. The van der Waals surface area contributed by atoms with Gasteiger partial charge in [0, 0.05) is 25.2 Å². The van der Waals surface area contributed by atoms with Gasteiger partial charge < -0.3 is 20.7 Å². The summed E-state index contributed by atoms with van der Waals surface area (Å²) in [6, 6.07) is 6.49. The zero-order chi connectivity index (χ0) is 15.2. The first-order chi connectivity index (χ1) is 10.1. The molecule has 1 aromatic carbocycles. The second-order valence-electron chi connectivity index (χ2n) is 5.03. The Morgan fingerprint density at radius 2 is 1.90 bits per heavy atom. The maximum absolute atomic E-state index is 12.2. The molecule has 0 spiro atoms. The lowest BCUT2D eigenvalue weighted by Crippen LogP contribution is -2.50. The van der Waals surface area contributed by atoms with E-state index in [2.05, 4.69) is 5.32 Å². The number of ether oxygens (including phenoxy) is 1. The molecule has 2 rings (SSSR count). The molecule has 0 aliphatic carbocycles. The largest absolute Gasteiger partial charge is 0.378 e. The van der Waals surface area contributed by atoms with Gasteiger partial charge in [0.1, 0.15) is 6.04 Å². The second-order valence-corrected chi connectivity index (χ2v) is 5.03. The number of carbonyl (C=O) groups is 2. The molecule has 0 bridgehead atoms. The van der Waals surface area contributed by atoms with Crippen LogP contribution in [0.1, 0.15) is 22.8 Å². The lowest BCUT2D eigenvalue weighted by Gasteiger charge is -2.29. The summed E-state index contributed by atoms with van der Waals surface area (Å²) in [6.07, 6.45) is 0. The fraction of sp³-hybridized carbons (Fsp3) is 0.467. The number of nitrogens with zero attached hydrogens (tertiary/aromatic N) is 1. The van der Waals surface area contributed by atoms with Crippen molar-refractivity contribution in [2.45, 2.75) is 19.5 Å². The summed E-state index contributed by atoms with van der Waals surface area (Å²) in [4.78, 5) is 26.0. The van der Waals surface area contributed by atoms with Gasteiger partial charge in [0.05, 0.1) is 13.2 Å². The van der Waals surface area contributed by atoms with E-state index in [1.807, 2.05) is 12.1 Å². The first kappa shape index (κ1) is 15.5. The van der Waals surface area contributed by atoms with E-state index in [1.165, 1.54) is 0 Å². The van der Waals surface area contributed by atoms with Crippen molar-refractivity contribution in [3.63, 3.8) is 0 Å². The van der Waals surface area contributed by atoms with Crippen LogP contribution in [-0.4, -0.2) is 49.1 Å². The van der Waals surface area contributed by atoms with Crippen molar-refractivity contribution in [2.24, 2.45) is 5.73 Å². The molecule has 0 radical (unpaired) electrons. The molecule has 6 heteroatoms. The number of hydrogen-bond donors (Lipinski definition) is 2. The van der Waals surface area contributed by atoms with Gasteiger partial charge in [0.2, 0.25) is 5.91 Å². The Morgan fingerprint density at radius 3 is 2.48 bits per heavy atom. The average Bonchev–Trinajstić information content (AvgIpc) is 2.55. The third-order valence-corrected chi connectivity index (χ3v) is 3.49. The van der Waals surface area contributed by atoms with Crippen LogP contribution in [0.5, 0.6) is 0 Å². The summed E-state index contributed by atoms with van der Waals surface area (Å²) < 4.78 is 5.21. The monoisotopic (exact) mass is 291 g/mol. The first-order valence-corrected chi connectivity index (χ1v) is 7.08. The normalized spacial score (nSPS) is 16.4. The highest BCUT2D eigenvalue weighted by Gasteiger charge is 2.23. The van der Waals surface area contributed by atoms with Gasteiger partial charge in [-0.1, -0.05) is 12.1 Å². The highest BCUT2D eigenvalue weighted by molar-refractivity contribution is 5.97. The summed E-state index contributed by atoms with van der Waals surface area (Å²) >= 11 is 0. The lowest BCUT2D eigenvalue weighted by atomic mass is 10.1. The van der Waals surface area contributed by atoms with Crippen molar-refractivity contribution in [2.75, 3.05) is 26.3 Å². The third-order valence-electron chi connectivity index (χ3n) is 3.49. The Morgan fingerprint density at radius 1 is 1.29 bits per heavy atom. The molecule has 21 heavy (non-hydrogen) atoms. The molecule has 0 aromatic heterocycles. The zero-order valence-corrected chi connectivity index (χ0v) is 12.2. The van der Waals surface area contributed by atoms with Crippen molar-refractivity contribution in [1.29, 1.82) is 0 Å². The van der Waals surface area contributed by atoms with Gasteiger partial charge in [-0.25, -0.2) is 0 Å². The molecular weight excluding hydrogens is 270 g/mol. The van der Waals surface area contributed by atoms with Gasteiger partial charge in [0.25, 0.3) is 5.91 Å². The highest BCUT2D eigenvalue weighted by Crippen LogP contribution is 2.05. The number of hydrogen-bond acceptors (Lipinski definition) is 4. The summed E-state index contributed by atoms with van der Waals surface area (Å²) in [7, 11) is 0. The molecule has 1 fully saturated rings. The van der Waals surface area contributed by atoms with E-state index in [-0.39, 0.29) is 11.8 Å². The fourth-order valence-electron chi connectivity index (χ4n) is 2.19. The molecule has 3 N–H and O–H groups in total. The average molecular weight is 291 g/mol. The van der Waals surface area contributed by atoms with Crippen LogP contribution in [0.2, 0.25) is 0 Å². The van der Waals surface area contributed by atoms with E-state index in [1.54, 1.807) is 24.0 Å². The molecule has 114 valence electrons. The summed E-state index contributed by atoms with van der Waals surface area (Å²) in [5.74, 6) is -0.335. The molecule has 1 aliphatic heterocycles. The van der Waals surface area contributed by atoms with Gasteiger partial charge in [-0.3, -0.25) is 9.59 Å². The predicted octanol–water partition coefficient (Wildman–Crippen LogP) is 0.122. The van der Waals surface area contributed by atoms with Crippen LogP contribution in [0.25, 0.3) is 0 Å². The van der Waals surface area contributed by atoms with Gasteiger partial charge in [-0.2, -0.15) is 0 Å². The molecular formula is C15H21N3O3. The third kappa shape index (κ3) is 4.03. The minimum absolute atomic E-state index is 0.0785. The molecule has 1 unspecified atom stereocenters. The van der Waals surface area contributed by atoms with E-state index in [9.17, 15) is 9.59 Å². The van der Waals surface area contributed by atoms with Crippen molar-refractivity contribution >= 4 is 11.8 Å². The Balaban J connectivity index is 1.92. The quantitative estimate of drug-likeness (QED) is 0.825. The smallest absolute Gasteiger partial charge is 0.251 e. The van der Waals surface area contributed by atoms with Crippen molar-refractivity contribution < 1.29 is 14.3 Å². The van der Waals surface area contributed by atoms with Crippen LogP contribution >= 0.6 is 0 Å². The summed E-state index contributed by atoms with van der Waals surface area (Å²) in [5, 5.41) is 2.73. The Hall–Kier alpha value is -1.92. The van der Waals surface area contributed by atoms with E-state index in [4.69, 9.17) is 10.5 Å². The van der Waals surface area contributed by atoms with Gasteiger partial charge >= 0.3 is 0 Å². The van der Waals surface area contributed by atoms with Crippen molar-refractivity contribution in [1.82, 2.24) is 10.2 Å². The van der Waals surface area contributed by atoms with Gasteiger partial charge in [0.15, 0.2) is 0 Å². The number of nitrogens with one attached hydrogen (secondary N) is 1. The van der Waals surface area contributed by atoms with Crippen molar-refractivity contribution in [3.8, 4) is 0 Å². The minimum Gasteiger partial charge on any atom is -0.378 e. The van der Waals surface area contributed by atoms with Crippen LogP contribution in [0.3, 0.4) is 0 Å². The van der Waals surface area contributed by atoms with E-state index >= 15 is 0 Å². The van der Waals surface area contributed by atoms with E-state index in [0.29, 0.717) is 38.4 Å². The molecule has 1 heterocycles. The number of morpholine rings is 1. The lowest BCUT2D eigenvalue weighted by molar-refractivity contribution is -0.136. The maximum Gasteiger partial charge on any atom is 0.251 e. The van der Waals surface area contributed by atoms with Gasteiger partial charge in [-0.05, 0) is 24.6 Å². The fourth-order valence-corrected chi connectivity index (χ4v) is 2.19.